The highest BCUT2D eigenvalue weighted by atomic mass is 19.3. The summed E-state index contributed by atoms with van der Waals surface area (Å²) < 4.78 is 56.0. The zero-order valence-corrected chi connectivity index (χ0v) is 16.3. The van der Waals surface area contributed by atoms with Crippen molar-refractivity contribution in [3.8, 4) is 17.0 Å². The summed E-state index contributed by atoms with van der Waals surface area (Å²) in [5.74, 6) is -0.114. The van der Waals surface area contributed by atoms with E-state index in [0.717, 1.165) is 4.68 Å². The molecule has 3 aromatic heterocycles. The SMILES string of the molecule is Cc1cc(-c2cncc(OCC(F)F)c2)nc2c1C(=O)N(c1cnn(CC(F)F)c1)C2. The summed E-state index contributed by atoms with van der Waals surface area (Å²) in [6.45, 7) is 0.603. The normalized spacial score (nSPS) is 13.4. The van der Waals surface area contributed by atoms with Crippen LogP contribution >= 0.6 is 0 Å². The number of nitrogens with zero attached hydrogens (tertiary/aromatic N) is 5. The molecule has 0 aliphatic carbocycles. The summed E-state index contributed by atoms with van der Waals surface area (Å²) in [6, 6.07) is 3.25. The molecule has 0 saturated heterocycles. The van der Waals surface area contributed by atoms with Crippen LogP contribution in [0.5, 0.6) is 5.75 Å². The van der Waals surface area contributed by atoms with Gasteiger partial charge in [0.2, 0.25) is 0 Å². The Morgan fingerprint density at radius 1 is 1.13 bits per heavy atom. The molecule has 0 aromatic carbocycles. The topological polar surface area (TPSA) is 73.1 Å². The fraction of sp³-hybridized carbons (Fsp3) is 0.300. The van der Waals surface area contributed by atoms with Crippen molar-refractivity contribution in [2.75, 3.05) is 11.5 Å². The van der Waals surface area contributed by atoms with E-state index in [1.165, 1.54) is 29.7 Å². The van der Waals surface area contributed by atoms with Crippen molar-refractivity contribution in [3.05, 3.63) is 53.7 Å². The molecule has 0 spiro atoms. The third-order valence-corrected chi connectivity index (χ3v) is 4.70. The van der Waals surface area contributed by atoms with Crippen LogP contribution in [0.25, 0.3) is 11.3 Å². The number of anilines is 1. The predicted octanol–water partition coefficient (Wildman–Crippen LogP) is 3.72. The molecule has 1 amide bonds. The summed E-state index contributed by atoms with van der Waals surface area (Å²) in [6.07, 6.45) is 0.433. The Morgan fingerprint density at radius 3 is 2.68 bits per heavy atom. The number of carbonyl (C=O) groups excluding carboxylic acids is 1. The Bertz CT molecular complexity index is 1120. The largest absolute Gasteiger partial charge is 0.486 e. The second-order valence-electron chi connectivity index (χ2n) is 6.96. The fourth-order valence-electron chi connectivity index (χ4n) is 3.39. The summed E-state index contributed by atoms with van der Waals surface area (Å²) in [5.41, 5.74) is 3.08. The monoisotopic (exact) mass is 435 g/mol. The molecule has 0 fully saturated rings. The fourth-order valence-corrected chi connectivity index (χ4v) is 3.39. The van der Waals surface area contributed by atoms with Gasteiger partial charge in [-0.15, -0.1) is 0 Å². The summed E-state index contributed by atoms with van der Waals surface area (Å²) in [4.78, 5) is 22.9. The summed E-state index contributed by atoms with van der Waals surface area (Å²) >= 11 is 0. The van der Waals surface area contributed by atoms with Crippen LogP contribution < -0.4 is 9.64 Å². The van der Waals surface area contributed by atoms with E-state index in [9.17, 15) is 22.4 Å². The number of rotatable bonds is 7. The molecule has 0 N–H and O–H groups in total. The zero-order valence-electron chi connectivity index (χ0n) is 16.3. The van der Waals surface area contributed by atoms with Gasteiger partial charge in [-0.1, -0.05) is 0 Å². The van der Waals surface area contributed by atoms with Gasteiger partial charge in [-0.05, 0) is 24.6 Å². The van der Waals surface area contributed by atoms with Crippen molar-refractivity contribution in [1.29, 1.82) is 0 Å². The molecule has 0 unspecified atom stereocenters. The smallest absolute Gasteiger partial charge is 0.272 e. The lowest BCUT2D eigenvalue weighted by atomic mass is 10.1. The molecule has 7 nitrogen and oxygen atoms in total. The first-order chi connectivity index (χ1) is 14.8. The van der Waals surface area contributed by atoms with Crippen LogP contribution in [0, 0.1) is 6.92 Å². The van der Waals surface area contributed by atoms with E-state index in [1.807, 2.05) is 0 Å². The first-order valence-corrected chi connectivity index (χ1v) is 9.31. The van der Waals surface area contributed by atoms with Crippen molar-refractivity contribution in [2.45, 2.75) is 32.9 Å². The van der Waals surface area contributed by atoms with Crippen LogP contribution in [0.2, 0.25) is 0 Å². The number of aromatic nitrogens is 4. The first-order valence-electron chi connectivity index (χ1n) is 9.31. The standard InChI is InChI=1S/C20H17F4N5O2/c1-11-2-15(12-3-14(6-25-4-12)31-10-18(23)24)27-16-8-29(20(30)19(11)16)13-5-26-28(7-13)9-17(21)22/h2-7,17-18H,8-10H2,1H3. The molecule has 1 aliphatic heterocycles. The molecule has 4 rings (SSSR count). The van der Waals surface area contributed by atoms with Gasteiger partial charge in [0.25, 0.3) is 18.8 Å². The highest BCUT2D eigenvalue weighted by molar-refractivity contribution is 6.10. The van der Waals surface area contributed by atoms with Crippen LogP contribution in [0.4, 0.5) is 23.2 Å². The first kappa shape index (κ1) is 20.8. The van der Waals surface area contributed by atoms with Gasteiger partial charge >= 0.3 is 0 Å². The number of carbonyl (C=O) groups is 1. The van der Waals surface area contributed by atoms with Crippen molar-refractivity contribution in [1.82, 2.24) is 19.7 Å². The molecule has 0 atom stereocenters. The Labute approximate surface area is 174 Å². The number of halogens is 4. The van der Waals surface area contributed by atoms with E-state index < -0.39 is 26.0 Å². The molecule has 1 aliphatic rings. The minimum Gasteiger partial charge on any atom is -0.486 e. The van der Waals surface area contributed by atoms with E-state index in [0.29, 0.717) is 33.8 Å². The maximum Gasteiger partial charge on any atom is 0.272 e. The number of alkyl halides is 4. The highest BCUT2D eigenvalue weighted by Crippen LogP contribution is 2.32. The molecule has 0 bridgehead atoms. The van der Waals surface area contributed by atoms with E-state index in [1.54, 1.807) is 19.1 Å². The quantitative estimate of drug-likeness (QED) is 0.529. The average molecular weight is 435 g/mol. The van der Waals surface area contributed by atoms with Crippen LogP contribution in [0.1, 0.15) is 21.6 Å². The number of aryl methyl sites for hydroxylation is 1. The average Bonchev–Trinajstić information content (AvgIpc) is 3.30. The van der Waals surface area contributed by atoms with Gasteiger partial charge in [0.1, 0.15) is 18.9 Å². The Kier molecular flexibility index (Phi) is 5.57. The second-order valence-corrected chi connectivity index (χ2v) is 6.96. The molecule has 4 heterocycles. The lowest BCUT2D eigenvalue weighted by Gasteiger charge is -2.12. The molecule has 11 heteroatoms. The molecule has 0 saturated carbocycles. The Morgan fingerprint density at radius 2 is 1.94 bits per heavy atom. The molecular formula is C20H17F4N5O2. The zero-order chi connectivity index (χ0) is 22.1. The van der Waals surface area contributed by atoms with E-state index in [4.69, 9.17) is 4.74 Å². The number of fused-ring (bicyclic) bond motifs is 1. The molecular weight excluding hydrogens is 418 g/mol. The van der Waals surface area contributed by atoms with Gasteiger partial charge in [0.05, 0.1) is 41.6 Å². The number of pyridine rings is 2. The molecule has 0 radical (unpaired) electrons. The van der Waals surface area contributed by atoms with E-state index in [-0.39, 0.29) is 18.2 Å². The van der Waals surface area contributed by atoms with Crippen molar-refractivity contribution in [2.24, 2.45) is 0 Å². The number of hydrogen-bond acceptors (Lipinski definition) is 5. The maximum absolute atomic E-state index is 12.9. The van der Waals surface area contributed by atoms with Gasteiger partial charge in [0.15, 0.2) is 0 Å². The second kappa shape index (κ2) is 8.32. The van der Waals surface area contributed by atoms with Gasteiger partial charge in [-0.3, -0.25) is 24.3 Å². The molecule has 31 heavy (non-hydrogen) atoms. The van der Waals surface area contributed by atoms with Gasteiger partial charge in [-0.2, -0.15) is 5.10 Å². The number of hydrogen-bond donors (Lipinski definition) is 0. The van der Waals surface area contributed by atoms with Crippen molar-refractivity contribution in [3.63, 3.8) is 0 Å². The van der Waals surface area contributed by atoms with Crippen molar-refractivity contribution >= 4 is 11.6 Å². The van der Waals surface area contributed by atoms with E-state index in [2.05, 4.69) is 15.1 Å². The predicted molar refractivity (Wildman–Crippen MR) is 102 cm³/mol. The summed E-state index contributed by atoms with van der Waals surface area (Å²) in [5, 5.41) is 3.87. The Hall–Kier alpha value is -3.50. The minimum atomic E-state index is -2.61. The van der Waals surface area contributed by atoms with Gasteiger partial charge in [0, 0.05) is 18.0 Å². The Balaban J connectivity index is 1.60. The minimum absolute atomic E-state index is 0.151. The van der Waals surface area contributed by atoms with Gasteiger partial charge < -0.3 is 4.74 Å². The molecule has 162 valence electrons. The van der Waals surface area contributed by atoms with E-state index >= 15 is 0 Å². The lowest BCUT2D eigenvalue weighted by Crippen LogP contribution is -2.23. The van der Waals surface area contributed by atoms with Crippen LogP contribution in [0.15, 0.2) is 36.9 Å². The maximum atomic E-state index is 12.9. The third kappa shape index (κ3) is 4.35. The van der Waals surface area contributed by atoms with Crippen molar-refractivity contribution < 1.29 is 27.1 Å². The van der Waals surface area contributed by atoms with Gasteiger partial charge in [-0.25, -0.2) is 17.6 Å². The van der Waals surface area contributed by atoms with Crippen LogP contribution in [-0.4, -0.2) is 45.1 Å². The third-order valence-electron chi connectivity index (χ3n) is 4.70. The highest BCUT2D eigenvalue weighted by Gasteiger charge is 2.32. The van der Waals surface area contributed by atoms with Crippen LogP contribution in [0.3, 0.4) is 0 Å². The lowest BCUT2D eigenvalue weighted by molar-refractivity contribution is 0.0817. The molecule has 3 aromatic rings. The van der Waals surface area contributed by atoms with Crippen LogP contribution in [-0.2, 0) is 13.1 Å². The number of ether oxygens (including phenoxy) is 1. The number of amides is 1. The summed E-state index contributed by atoms with van der Waals surface area (Å²) in [7, 11) is 0.